The van der Waals surface area contributed by atoms with Crippen LogP contribution in [-0.2, 0) is 4.79 Å². The van der Waals surface area contributed by atoms with Gasteiger partial charge in [-0.1, -0.05) is 46.8 Å². The molecule has 0 spiro atoms. The molecule has 0 aliphatic rings. The average Bonchev–Trinajstić information content (AvgIpc) is 2.62. The van der Waals surface area contributed by atoms with Crippen molar-refractivity contribution in [3.05, 3.63) is 48.2 Å². The molecule has 7 nitrogen and oxygen atoms in total. The number of hydrogen-bond acceptors (Lipinski definition) is 4. The smallest absolute Gasteiger partial charge is 0.405 e. The molecule has 0 radical (unpaired) electrons. The third-order valence-corrected chi connectivity index (χ3v) is 5.05. The summed E-state index contributed by atoms with van der Waals surface area (Å²) in [6.45, 7) is 11.2. The van der Waals surface area contributed by atoms with Crippen LogP contribution in [0.3, 0.4) is 0 Å². The summed E-state index contributed by atoms with van der Waals surface area (Å²) >= 11 is 0. The zero-order valence-corrected chi connectivity index (χ0v) is 17.7. The van der Waals surface area contributed by atoms with E-state index >= 15 is 0 Å². The topological polar surface area (TPSA) is 101 Å². The van der Waals surface area contributed by atoms with Crippen LogP contribution in [0.5, 0.6) is 11.6 Å². The first kappa shape index (κ1) is 22.2. The van der Waals surface area contributed by atoms with Crippen molar-refractivity contribution in [3.8, 4) is 11.6 Å². The molecular weight excluding hydrogens is 370 g/mol. The maximum atomic E-state index is 12.8. The Morgan fingerprint density at radius 2 is 1.79 bits per heavy atom. The van der Waals surface area contributed by atoms with Crippen LogP contribution in [0.1, 0.15) is 53.0 Å². The summed E-state index contributed by atoms with van der Waals surface area (Å²) in [5, 5.41) is 14.2. The number of amides is 2. The Labute approximate surface area is 171 Å². The second-order valence-electron chi connectivity index (χ2n) is 8.47. The standard InChI is InChI=1S/C22H29N3O4/c1-14(2)15-8-7-9-17(12-15)29-18-11-10-16(13-23-18)24-19(26)22(6,21(3,4)5)25-20(27)28/h7-14,25H,1-6H3,(H,24,26)(H,27,28)/t22-/m0/s1. The molecule has 2 rings (SSSR count). The average molecular weight is 399 g/mol. The van der Waals surface area contributed by atoms with Crippen LogP contribution in [0, 0.1) is 5.41 Å². The first-order valence-corrected chi connectivity index (χ1v) is 9.49. The van der Waals surface area contributed by atoms with E-state index in [9.17, 15) is 9.59 Å². The lowest BCUT2D eigenvalue weighted by Gasteiger charge is -2.40. The number of anilines is 1. The molecule has 7 heteroatoms. The summed E-state index contributed by atoms with van der Waals surface area (Å²) in [4.78, 5) is 28.2. The highest BCUT2D eigenvalue weighted by Gasteiger charge is 2.45. The van der Waals surface area contributed by atoms with Crippen LogP contribution < -0.4 is 15.4 Å². The molecule has 0 fully saturated rings. The number of hydrogen-bond donors (Lipinski definition) is 3. The molecule has 1 atom stereocenters. The van der Waals surface area contributed by atoms with Crippen LogP contribution in [0.4, 0.5) is 10.5 Å². The monoisotopic (exact) mass is 399 g/mol. The van der Waals surface area contributed by atoms with Gasteiger partial charge in [-0.2, -0.15) is 0 Å². The van der Waals surface area contributed by atoms with Gasteiger partial charge in [-0.05, 0) is 42.0 Å². The molecule has 1 aromatic carbocycles. The third-order valence-electron chi connectivity index (χ3n) is 5.05. The minimum atomic E-state index is -1.33. The normalized spacial score (nSPS) is 13.5. The number of ether oxygens (including phenoxy) is 1. The summed E-state index contributed by atoms with van der Waals surface area (Å²) in [6, 6.07) is 11.1. The van der Waals surface area contributed by atoms with Crippen LogP contribution in [0.15, 0.2) is 42.6 Å². The molecule has 2 aromatic rings. The van der Waals surface area contributed by atoms with E-state index in [0.717, 1.165) is 0 Å². The maximum Gasteiger partial charge on any atom is 0.405 e. The van der Waals surface area contributed by atoms with E-state index in [4.69, 9.17) is 9.84 Å². The fourth-order valence-electron chi connectivity index (χ4n) is 2.63. The summed E-state index contributed by atoms with van der Waals surface area (Å²) in [6.07, 6.45) is 0.215. The highest BCUT2D eigenvalue weighted by Crippen LogP contribution is 2.31. The zero-order chi connectivity index (χ0) is 21.8. The highest BCUT2D eigenvalue weighted by molar-refractivity contribution is 6.00. The van der Waals surface area contributed by atoms with Crippen LogP contribution in [-0.4, -0.2) is 27.6 Å². The summed E-state index contributed by atoms with van der Waals surface area (Å²) < 4.78 is 5.79. The van der Waals surface area contributed by atoms with Gasteiger partial charge in [0.1, 0.15) is 11.3 Å². The molecule has 0 saturated heterocycles. The van der Waals surface area contributed by atoms with Gasteiger partial charge in [-0.3, -0.25) is 4.79 Å². The Morgan fingerprint density at radius 3 is 2.31 bits per heavy atom. The van der Waals surface area contributed by atoms with E-state index in [1.54, 1.807) is 39.8 Å². The second-order valence-corrected chi connectivity index (χ2v) is 8.47. The van der Waals surface area contributed by atoms with Crippen LogP contribution in [0.2, 0.25) is 0 Å². The fourth-order valence-corrected chi connectivity index (χ4v) is 2.63. The van der Waals surface area contributed by atoms with Crippen molar-refractivity contribution in [2.45, 2.75) is 53.0 Å². The second kappa shape index (κ2) is 8.51. The number of nitrogens with zero attached hydrogens (tertiary/aromatic N) is 1. The molecule has 0 aliphatic carbocycles. The van der Waals surface area contributed by atoms with Crippen molar-refractivity contribution in [1.29, 1.82) is 0 Å². The van der Waals surface area contributed by atoms with Gasteiger partial charge < -0.3 is 20.5 Å². The van der Waals surface area contributed by atoms with E-state index < -0.39 is 23.0 Å². The molecule has 0 saturated carbocycles. The Kier molecular flexibility index (Phi) is 6.51. The van der Waals surface area contributed by atoms with Gasteiger partial charge in [0.05, 0.1) is 11.9 Å². The number of rotatable bonds is 6. The van der Waals surface area contributed by atoms with Crippen molar-refractivity contribution in [2.24, 2.45) is 5.41 Å². The zero-order valence-electron chi connectivity index (χ0n) is 17.7. The van der Waals surface area contributed by atoms with Crippen molar-refractivity contribution < 1.29 is 19.4 Å². The van der Waals surface area contributed by atoms with Gasteiger partial charge in [0.2, 0.25) is 5.88 Å². The number of nitrogens with one attached hydrogen (secondary N) is 2. The molecule has 1 aromatic heterocycles. The van der Waals surface area contributed by atoms with E-state index in [2.05, 4.69) is 29.5 Å². The van der Waals surface area contributed by atoms with Crippen molar-refractivity contribution in [1.82, 2.24) is 10.3 Å². The summed E-state index contributed by atoms with van der Waals surface area (Å²) in [7, 11) is 0. The predicted octanol–water partition coefficient (Wildman–Crippen LogP) is 5.01. The third kappa shape index (κ3) is 5.47. The molecule has 156 valence electrons. The molecule has 0 bridgehead atoms. The van der Waals surface area contributed by atoms with Gasteiger partial charge >= 0.3 is 6.09 Å². The Bertz CT molecular complexity index is 872. The SMILES string of the molecule is CC(C)c1cccc(Oc2ccc(NC(=O)[C@](C)(NC(=O)O)C(C)(C)C)cn2)c1. The Balaban J connectivity index is 2.13. The molecule has 2 amide bonds. The van der Waals surface area contributed by atoms with E-state index in [1.807, 2.05) is 24.3 Å². The van der Waals surface area contributed by atoms with Crippen LogP contribution >= 0.6 is 0 Å². The molecule has 1 heterocycles. The van der Waals surface area contributed by atoms with E-state index in [0.29, 0.717) is 23.2 Å². The summed E-state index contributed by atoms with van der Waals surface area (Å²) in [5.41, 5.74) is -0.363. The number of carbonyl (C=O) groups excluding carboxylic acids is 1. The molecule has 3 N–H and O–H groups in total. The van der Waals surface area contributed by atoms with Crippen molar-refractivity contribution >= 4 is 17.7 Å². The minimum absolute atomic E-state index is 0.389. The summed E-state index contributed by atoms with van der Waals surface area (Å²) in [5.74, 6) is 1.01. The van der Waals surface area contributed by atoms with Crippen molar-refractivity contribution in [2.75, 3.05) is 5.32 Å². The van der Waals surface area contributed by atoms with Crippen LogP contribution in [0.25, 0.3) is 0 Å². The van der Waals surface area contributed by atoms with Gasteiger partial charge in [0.25, 0.3) is 5.91 Å². The molecule has 29 heavy (non-hydrogen) atoms. The predicted molar refractivity (Wildman–Crippen MR) is 112 cm³/mol. The number of carboxylic acid groups (broad SMARTS) is 1. The Hall–Kier alpha value is -3.09. The molecular formula is C22H29N3O4. The van der Waals surface area contributed by atoms with Gasteiger partial charge in [0.15, 0.2) is 0 Å². The first-order chi connectivity index (χ1) is 13.4. The highest BCUT2D eigenvalue weighted by atomic mass is 16.5. The van der Waals surface area contributed by atoms with Gasteiger partial charge in [-0.15, -0.1) is 0 Å². The van der Waals surface area contributed by atoms with E-state index in [-0.39, 0.29) is 0 Å². The number of pyridine rings is 1. The largest absolute Gasteiger partial charge is 0.465 e. The quantitative estimate of drug-likeness (QED) is 0.634. The first-order valence-electron chi connectivity index (χ1n) is 9.49. The Morgan fingerprint density at radius 1 is 1.10 bits per heavy atom. The number of aromatic nitrogens is 1. The van der Waals surface area contributed by atoms with Gasteiger partial charge in [0, 0.05) is 6.07 Å². The number of benzene rings is 1. The van der Waals surface area contributed by atoms with E-state index in [1.165, 1.54) is 11.8 Å². The van der Waals surface area contributed by atoms with Crippen molar-refractivity contribution in [3.63, 3.8) is 0 Å². The number of carbonyl (C=O) groups is 2. The lowest BCUT2D eigenvalue weighted by Crippen LogP contribution is -2.62. The fraction of sp³-hybridized carbons (Fsp3) is 0.409. The lowest BCUT2D eigenvalue weighted by atomic mass is 9.74. The van der Waals surface area contributed by atoms with Gasteiger partial charge in [-0.25, -0.2) is 9.78 Å². The maximum absolute atomic E-state index is 12.8. The minimum Gasteiger partial charge on any atom is -0.465 e. The molecule has 0 unspecified atom stereocenters. The lowest BCUT2D eigenvalue weighted by molar-refractivity contribution is -0.125. The molecule has 0 aliphatic heterocycles.